The molecular weight excluding hydrogens is 266 g/mol. The topological polar surface area (TPSA) is 65.5 Å². The lowest BCUT2D eigenvalue weighted by Crippen LogP contribution is -2.32. The van der Waals surface area contributed by atoms with Crippen molar-refractivity contribution in [1.29, 1.82) is 0 Å². The molecule has 0 radical (unpaired) electrons. The minimum Gasteiger partial charge on any atom is -0.478 e. The predicted molar refractivity (Wildman–Crippen MR) is 77.1 cm³/mol. The van der Waals surface area contributed by atoms with Crippen LogP contribution in [0, 0.1) is 0 Å². The van der Waals surface area contributed by atoms with Gasteiger partial charge in [-0.25, -0.2) is 9.78 Å². The van der Waals surface area contributed by atoms with Crippen molar-refractivity contribution in [1.82, 2.24) is 9.88 Å². The third-order valence-electron chi connectivity index (χ3n) is 3.22. The van der Waals surface area contributed by atoms with Gasteiger partial charge >= 0.3 is 5.97 Å². The third-order valence-corrected chi connectivity index (χ3v) is 3.60. The van der Waals surface area contributed by atoms with Crippen LogP contribution in [0.4, 0.5) is 5.82 Å². The Labute approximate surface area is 118 Å². The minimum absolute atomic E-state index is 0.0643. The van der Waals surface area contributed by atoms with E-state index in [0.29, 0.717) is 18.4 Å². The average Bonchev–Trinajstić information content (AvgIpc) is 2.39. The first-order chi connectivity index (χ1) is 8.97. The average molecular weight is 286 g/mol. The van der Waals surface area contributed by atoms with Gasteiger partial charge in [-0.3, -0.25) is 0 Å². The minimum atomic E-state index is -1.05. The molecule has 6 heteroatoms. The molecule has 0 aromatic carbocycles. The maximum atomic E-state index is 10.9. The van der Waals surface area contributed by atoms with Crippen LogP contribution in [-0.4, -0.2) is 47.1 Å². The Morgan fingerprint density at radius 1 is 1.63 bits per heavy atom. The molecule has 0 bridgehead atoms. The van der Waals surface area contributed by atoms with Crippen LogP contribution in [0.25, 0.3) is 0 Å². The maximum Gasteiger partial charge on any atom is 0.337 e. The van der Waals surface area contributed by atoms with Gasteiger partial charge in [0.15, 0.2) is 0 Å². The smallest absolute Gasteiger partial charge is 0.337 e. The van der Waals surface area contributed by atoms with E-state index in [1.807, 2.05) is 0 Å². The lowest BCUT2D eigenvalue weighted by molar-refractivity contribution is 0.0697. The molecule has 1 aromatic rings. The van der Waals surface area contributed by atoms with Crippen LogP contribution >= 0.6 is 11.6 Å². The fourth-order valence-electron chi connectivity index (χ4n) is 1.61. The second-order valence-corrected chi connectivity index (χ2v) is 4.87. The van der Waals surface area contributed by atoms with Gasteiger partial charge in [0.05, 0.1) is 10.6 Å². The SMILES string of the molecule is CCC(C)N(C)CCNc1nccc(C(=O)O)c1Cl. The molecule has 0 amide bonds. The van der Waals surface area contributed by atoms with E-state index >= 15 is 0 Å². The Morgan fingerprint density at radius 3 is 2.89 bits per heavy atom. The molecule has 5 nitrogen and oxygen atoms in total. The molecule has 0 aliphatic carbocycles. The number of likely N-dealkylation sites (N-methyl/N-ethyl adjacent to an activating group) is 1. The van der Waals surface area contributed by atoms with Crippen molar-refractivity contribution in [3.05, 3.63) is 22.8 Å². The van der Waals surface area contributed by atoms with E-state index in [2.05, 4.69) is 36.1 Å². The molecule has 1 rings (SSSR count). The van der Waals surface area contributed by atoms with Gasteiger partial charge < -0.3 is 15.3 Å². The molecule has 19 heavy (non-hydrogen) atoms. The number of rotatable bonds is 7. The highest BCUT2D eigenvalue weighted by atomic mass is 35.5. The van der Waals surface area contributed by atoms with E-state index in [1.165, 1.54) is 12.3 Å². The number of carbonyl (C=O) groups is 1. The molecule has 1 aromatic heterocycles. The molecule has 2 N–H and O–H groups in total. The molecule has 106 valence electrons. The number of anilines is 1. The number of carboxylic acids is 1. The normalized spacial score (nSPS) is 12.5. The lowest BCUT2D eigenvalue weighted by atomic mass is 10.2. The fraction of sp³-hybridized carbons (Fsp3) is 0.538. The van der Waals surface area contributed by atoms with Gasteiger partial charge in [0, 0.05) is 25.3 Å². The zero-order chi connectivity index (χ0) is 14.4. The number of hydrogen-bond donors (Lipinski definition) is 2. The second-order valence-electron chi connectivity index (χ2n) is 4.49. The number of pyridine rings is 1. The van der Waals surface area contributed by atoms with Gasteiger partial charge in [0.25, 0.3) is 0 Å². The quantitative estimate of drug-likeness (QED) is 0.806. The van der Waals surface area contributed by atoms with Crippen molar-refractivity contribution < 1.29 is 9.90 Å². The Hall–Kier alpha value is -1.33. The third kappa shape index (κ3) is 4.36. The molecule has 0 fully saturated rings. The summed E-state index contributed by atoms with van der Waals surface area (Å²) < 4.78 is 0. The first kappa shape index (κ1) is 15.7. The Balaban J connectivity index is 2.59. The summed E-state index contributed by atoms with van der Waals surface area (Å²) in [6.45, 7) is 5.81. The van der Waals surface area contributed by atoms with E-state index in [-0.39, 0.29) is 10.6 Å². The number of nitrogens with zero attached hydrogens (tertiary/aromatic N) is 2. The zero-order valence-electron chi connectivity index (χ0n) is 11.5. The number of hydrogen-bond acceptors (Lipinski definition) is 4. The van der Waals surface area contributed by atoms with Crippen molar-refractivity contribution in [3.63, 3.8) is 0 Å². The first-order valence-electron chi connectivity index (χ1n) is 6.29. The summed E-state index contributed by atoms with van der Waals surface area (Å²) in [4.78, 5) is 17.2. The van der Waals surface area contributed by atoms with Crippen LogP contribution in [0.3, 0.4) is 0 Å². The summed E-state index contributed by atoms with van der Waals surface area (Å²) in [6, 6.07) is 1.90. The monoisotopic (exact) mass is 285 g/mol. The maximum absolute atomic E-state index is 10.9. The van der Waals surface area contributed by atoms with Crippen LogP contribution < -0.4 is 5.32 Å². The second kappa shape index (κ2) is 7.31. The largest absolute Gasteiger partial charge is 0.478 e. The Kier molecular flexibility index (Phi) is 6.05. The van der Waals surface area contributed by atoms with E-state index in [1.54, 1.807) is 0 Å². The van der Waals surface area contributed by atoms with Gasteiger partial charge in [0.2, 0.25) is 0 Å². The van der Waals surface area contributed by atoms with Crippen molar-refractivity contribution >= 4 is 23.4 Å². The van der Waals surface area contributed by atoms with Crippen molar-refractivity contribution in [3.8, 4) is 0 Å². The van der Waals surface area contributed by atoms with Gasteiger partial charge in [-0.15, -0.1) is 0 Å². The summed E-state index contributed by atoms with van der Waals surface area (Å²) in [5, 5.41) is 12.2. The molecule has 1 unspecified atom stereocenters. The molecule has 0 aliphatic rings. The molecule has 0 spiro atoms. The highest BCUT2D eigenvalue weighted by Crippen LogP contribution is 2.23. The van der Waals surface area contributed by atoms with Crippen LogP contribution in [-0.2, 0) is 0 Å². The zero-order valence-corrected chi connectivity index (χ0v) is 12.2. The summed E-state index contributed by atoms with van der Waals surface area (Å²) in [5.74, 6) is -0.633. The highest BCUT2D eigenvalue weighted by Gasteiger charge is 2.13. The number of nitrogens with one attached hydrogen (secondary N) is 1. The van der Waals surface area contributed by atoms with Gasteiger partial charge in [-0.1, -0.05) is 18.5 Å². The van der Waals surface area contributed by atoms with Gasteiger partial charge in [-0.2, -0.15) is 0 Å². The van der Waals surface area contributed by atoms with E-state index in [9.17, 15) is 4.79 Å². The van der Waals surface area contributed by atoms with Crippen molar-refractivity contribution in [2.45, 2.75) is 26.3 Å². The van der Waals surface area contributed by atoms with Crippen LogP contribution in [0.5, 0.6) is 0 Å². The van der Waals surface area contributed by atoms with Crippen molar-refractivity contribution in [2.24, 2.45) is 0 Å². The number of halogens is 1. The number of carboxylic acid groups (broad SMARTS) is 1. The molecule has 0 saturated heterocycles. The Bertz CT molecular complexity index is 440. The highest BCUT2D eigenvalue weighted by molar-refractivity contribution is 6.35. The summed E-state index contributed by atoms with van der Waals surface area (Å²) >= 11 is 5.99. The van der Waals surface area contributed by atoms with Crippen LogP contribution in [0.1, 0.15) is 30.6 Å². The predicted octanol–water partition coefficient (Wildman–Crippen LogP) is 2.58. The van der Waals surface area contributed by atoms with Crippen molar-refractivity contribution in [2.75, 3.05) is 25.5 Å². The van der Waals surface area contributed by atoms with Crippen LogP contribution in [0.15, 0.2) is 12.3 Å². The Morgan fingerprint density at radius 2 is 2.32 bits per heavy atom. The van der Waals surface area contributed by atoms with E-state index in [0.717, 1.165) is 13.0 Å². The molecule has 1 heterocycles. The summed E-state index contributed by atoms with van der Waals surface area (Å²) in [7, 11) is 2.05. The van der Waals surface area contributed by atoms with Crippen LogP contribution in [0.2, 0.25) is 5.02 Å². The van der Waals surface area contributed by atoms with Gasteiger partial charge in [-0.05, 0) is 26.5 Å². The number of aromatic carboxylic acids is 1. The molecular formula is C13H20ClN3O2. The van der Waals surface area contributed by atoms with E-state index in [4.69, 9.17) is 16.7 Å². The van der Waals surface area contributed by atoms with Gasteiger partial charge in [0.1, 0.15) is 5.82 Å². The first-order valence-corrected chi connectivity index (χ1v) is 6.67. The summed E-state index contributed by atoms with van der Waals surface area (Å²) in [5.41, 5.74) is 0.0643. The standard InChI is InChI=1S/C13H20ClN3O2/c1-4-9(2)17(3)8-7-16-12-11(14)10(13(18)19)5-6-15-12/h5-6,9H,4,7-8H2,1-3H3,(H,15,16)(H,18,19). The summed E-state index contributed by atoms with van der Waals surface area (Å²) in [6.07, 6.45) is 2.53. The molecule has 1 atom stereocenters. The fourth-order valence-corrected chi connectivity index (χ4v) is 1.87. The molecule has 0 aliphatic heterocycles. The molecule has 0 saturated carbocycles. The number of aromatic nitrogens is 1. The van der Waals surface area contributed by atoms with E-state index < -0.39 is 5.97 Å². The lowest BCUT2D eigenvalue weighted by Gasteiger charge is -2.23.